The van der Waals surface area contributed by atoms with Crippen LogP contribution in [0.5, 0.6) is 5.75 Å². The largest absolute Gasteiger partial charge is 0.496 e. The number of nitrogens with one attached hydrogen (secondary N) is 3. The van der Waals surface area contributed by atoms with Crippen LogP contribution in [0.25, 0.3) is 22.3 Å². The Labute approximate surface area is 234 Å². The van der Waals surface area contributed by atoms with Crippen molar-refractivity contribution in [3.05, 3.63) is 104 Å². The summed E-state index contributed by atoms with van der Waals surface area (Å²) in [6, 6.07) is 14.1. The number of aliphatic carboxylic acids is 1. The van der Waals surface area contributed by atoms with Crippen molar-refractivity contribution in [2.45, 2.75) is 20.4 Å². The Morgan fingerprint density at radius 2 is 1.68 bits per heavy atom. The van der Waals surface area contributed by atoms with Crippen LogP contribution in [-0.4, -0.2) is 40.2 Å². The first-order valence-electron chi connectivity index (χ1n) is 12.6. The van der Waals surface area contributed by atoms with Crippen molar-refractivity contribution >= 4 is 17.6 Å². The number of carbonyl (C=O) groups excluding carboxylic acids is 1. The van der Waals surface area contributed by atoms with E-state index in [9.17, 15) is 19.2 Å². The summed E-state index contributed by atoms with van der Waals surface area (Å²) in [5, 5.41) is 14.3. The smallest absolute Gasteiger partial charge is 0.328 e. The number of amides is 1. The third kappa shape index (κ3) is 5.94. The lowest BCUT2D eigenvalue weighted by Crippen LogP contribution is -2.37. The molecular weight excluding hydrogens is 531 g/mol. The molecule has 10 nitrogen and oxygen atoms in total. The minimum absolute atomic E-state index is 0.0104. The van der Waals surface area contributed by atoms with Crippen LogP contribution in [-0.2, 0) is 18.4 Å². The molecule has 1 aromatic heterocycles. The summed E-state index contributed by atoms with van der Waals surface area (Å²) < 4.78 is 21.4. The number of hydrogen-bond acceptors (Lipinski definition) is 6. The van der Waals surface area contributed by atoms with Crippen LogP contribution in [0.15, 0.2) is 64.3 Å². The van der Waals surface area contributed by atoms with Gasteiger partial charge in [0.1, 0.15) is 17.1 Å². The van der Waals surface area contributed by atoms with Gasteiger partial charge in [0.2, 0.25) is 0 Å². The molecule has 4 aromatic rings. The maximum atomic E-state index is 15.2. The third-order valence-corrected chi connectivity index (χ3v) is 6.89. The van der Waals surface area contributed by atoms with Crippen molar-refractivity contribution in [3.63, 3.8) is 0 Å². The Bertz CT molecular complexity index is 1780. The van der Waals surface area contributed by atoms with Gasteiger partial charge in [0, 0.05) is 31.0 Å². The molecule has 0 bridgehead atoms. The molecule has 0 aliphatic rings. The van der Waals surface area contributed by atoms with E-state index in [2.05, 4.69) is 15.6 Å². The van der Waals surface area contributed by atoms with E-state index in [1.807, 2.05) is 38.1 Å². The molecular formula is C30H29FN4O6. The highest BCUT2D eigenvalue weighted by atomic mass is 19.1. The van der Waals surface area contributed by atoms with E-state index in [0.717, 1.165) is 38.6 Å². The van der Waals surface area contributed by atoms with E-state index < -0.39 is 28.9 Å². The zero-order valence-corrected chi connectivity index (χ0v) is 22.9. The van der Waals surface area contributed by atoms with Crippen LogP contribution in [0.4, 0.5) is 10.1 Å². The number of rotatable bonds is 9. The second-order valence-corrected chi connectivity index (χ2v) is 9.42. The molecule has 0 fully saturated rings. The summed E-state index contributed by atoms with van der Waals surface area (Å²) in [4.78, 5) is 50.1. The van der Waals surface area contributed by atoms with E-state index in [4.69, 9.17) is 9.84 Å². The standard InChI is InChI=1S/C30H29FN4O6/c1-16-19(18-11-24(31)22(26(12-18)41-4)13-32-15-27(36)37)7-5-8-20(16)21-9-6-10-25(17(21)2)34-28(38)23-14-33-30(40)35(3)29(23)39/h5-12,14,32H,13,15H2,1-4H3,(H,33,40)(H,34,38)(H,36,37). The molecule has 0 unspecified atom stereocenters. The van der Waals surface area contributed by atoms with E-state index in [1.165, 1.54) is 20.2 Å². The van der Waals surface area contributed by atoms with Crippen molar-refractivity contribution in [3.8, 4) is 28.0 Å². The number of halogens is 1. The van der Waals surface area contributed by atoms with Gasteiger partial charge >= 0.3 is 11.7 Å². The molecule has 0 aliphatic carbocycles. The second-order valence-electron chi connectivity index (χ2n) is 9.42. The van der Waals surface area contributed by atoms with Crippen LogP contribution < -0.4 is 26.6 Å². The van der Waals surface area contributed by atoms with E-state index in [0.29, 0.717) is 11.3 Å². The highest BCUT2D eigenvalue weighted by molar-refractivity contribution is 6.04. The van der Waals surface area contributed by atoms with Gasteiger partial charge in [0.15, 0.2) is 0 Å². The number of aromatic nitrogens is 2. The number of aromatic amines is 1. The number of carboxylic acids is 1. The predicted octanol–water partition coefficient (Wildman–Crippen LogP) is 3.60. The fourth-order valence-electron chi connectivity index (χ4n) is 4.64. The van der Waals surface area contributed by atoms with Gasteiger partial charge in [-0.15, -0.1) is 0 Å². The Morgan fingerprint density at radius 1 is 1.02 bits per heavy atom. The Hall–Kier alpha value is -5.03. The zero-order valence-electron chi connectivity index (χ0n) is 22.9. The van der Waals surface area contributed by atoms with E-state index in [1.54, 1.807) is 18.2 Å². The fourth-order valence-corrected chi connectivity index (χ4v) is 4.64. The van der Waals surface area contributed by atoms with Gasteiger partial charge in [-0.2, -0.15) is 0 Å². The van der Waals surface area contributed by atoms with Gasteiger partial charge in [-0.1, -0.05) is 30.3 Å². The minimum Gasteiger partial charge on any atom is -0.496 e. The number of carboxylic acid groups (broad SMARTS) is 1. The first-order valence-corrected chi connectivity index (χ1v) is 12.6. The number of H-pyrrole nitrogens is 1. The van der Waals surface area contributed by atoms with E-state index in [-0.39, 0.29) is 30.0 Å². The number of benzene rings is 3. The predicted molar refractivity (Wildman–Crippen MR) is 153 cm³/mol. The Kier molecular flexibility index (Phi) is 8.48. The average molecular weight is 561 g/mol. The quantitative estimate of drug-likeness (QED) is 0.245. The molecule has 0 spiro atoms. The topological polar surface area (TPSA) is 143 Å². The molecule has 212 valence electrons. The maximum Gasteiger partial charge on any atom is 0.328 e. The van der Waals surface area contributed by atoms with Crippen LogP contribution in [0, 0.1) is 19.7 Å². The van der Waals surface area contributed by atoms with Crippen molar-refractivity contribution in [1.82, 2.24) is 14.9 Å². The average Bonchev–Trinajstić information content (AvgIpc) is 2.93. The summed E-state index contributed by atoms with van der Waals surface area (Å²) in [7, 11) is 2.71. The van der Waals surface area contributed by atoms with Gasteiger partial charge in [-0.25, -0.2) is 9.18 Å². The van der Waals surface area contributed by atoms with Crippen LogP contribution in [0.2, 0.25) is 0 Å². The summed E-state index contributed by atoms with van der Waals surface area (Å²) in [6.07, 6.45) is 1.09. The summed E-state index contributed by atoms with van der Waals surface area (Å²) >= 11 is 0. The summed E-state index contributed by atoms with van der Waals surface area (Å²) in [6.45, 7) is 3.42. The van der Waals surface area contributed by atoms with Crippen molar-refractivity contribution < 1.29 is 23.8 Å². The normalized spacial score (nSPS) is 10.9. The van der Waals surface area contributed by atoms with Crippen LogP contribution >= 0.6 is 0 Å². The number of carbonyl (C=O) groups is 2. The lowest BCUT2D eigenvalue weighted by Gasteiger charge is -2.18. The van der Waals surface area contributed by atoms with Gasteiger partial charge in [-0.3, -0.25) is 19.0 Å². The number of anilines is 1. The highest BCUT2D eigenvalue weighted by Crippen LogP contribution is 2.37. The molecule has 41 heavy (non-hydrogen) atoms. The van der Waals surface area contributed by atoms with Crippen LogP contribution in [0.3, 0.4) is 0 Å². The maximum absolute atomic E-state index is 15.2. The van der Waals surface area contributed by atoms with Gasteiger partial charge in [0.25, 0.3) is 11.5 Å². The third-order valence-electron chi connectivity index (χ3n) is 6.89. The minimum atomic E-state index is -1.05. The highest BCUT2D eigenvalue weighted by Gasteiger charge is 2.18. The zero-order chi connectivity index (χ0) is 29.8. The molecule has 3 aromatic carbocycles. The molecule has 1 amide bonds. The first-order chi connectivity index (χ1) is 19.5. The molecule has 0 aliphatic heterocycles. The van der Waals surface area contributed by atoms with E-state index >= 15 is 4.39 Å². The van der Waals surface area contributed by atoms with Gasteiger partial charge < -0.3 is 25.5 Å². The second kappa shape index (κ2) is 12.0. The molecule has 0 saturated heterocycles. The summed E-state index contributed by atoms with van der Waals surface area (Å²) in [5.41, 5.74) is 3.77. The molecule has 4 N–H and O–H groups in total. The molecule has 1 heterocycles. The molecule has 0 radical (unpaired) electrons. The monoisotopic (exact) mass is 560 g/mol. The first kappa shape index (κ1) is 29.0. The molecule has 0 saturated carbocycles. The number of hydrogen-bond donors (Lipinski definition) is 4. The lowest BCUT2D eigenvalue weighted by atomic mass is 9.90. The van der Waals surface area contributed by atoms with Gasteiger partial charge in [0.05, 0.1) is 13.7 Å². The molecule has 4 rings (SSSR count). The van der Waals surface area contributed by atoms with Crippen LogP contribution in [0.1, 0.15) is 27.0 Å². The molecule has 0 atom stereocenters. The Balaban J connectivity index is 1.70. The molecule has 11 heteroatoms. The van der Waals surface area contributed by atoms with Crippen molar-refractivity contribution in [2.24, 2.45) is 7.05 Å². The van der Waals surface area contributed by atoms with Crippen molar-refractivity contribution in [2.75, 3.05) is 19.0 Å². The number of ether oxygens (including phenoxy) is 1. The SMILES string of the molecule is COc1cc(-c2cccc(-c3cccc(NC(=O)c4c[nH]c(=O)n(C)c4=O)c3C)c2C)cc(F)c1CNCC(=O)O. The number of nitrogens with zero attached hydrogens (tertiary/aromatic N) is 1. The fraction of sp³-hybridized carbons (Fsp3) is 0.200. The van der Waals surface area contributed by atoms with Crippen molar-refractivity contribution in [1.29, 1.82) is 0 Å². The van der Waals surface area contributed by atoms with Gasteiger partial charge in [-0.05, 0) is 65.4 Å². The number of methoxy groups -OCH3 is 1. The lowest BCUT2D eigenvalue weighted by molar-refractivity contribution is -0.136. The summed E-state index contributed by atoms with van der Waals surface area (Å²) in [5.74, 6) is -1.95. The Morgan fingerprint density at radius 3 is 2.37 bits per heavy atom.